The lowest BCUT2D eigenvalue weighted by Crippen LogP contribution is -2.48. The highest BCUT2D eigenvalue weighted by molar-refractivity contribution is 5.82. The van der Waals surface area contributed by atoms with Crippen LogP contribution in [-0.2, 0) is 11.3 Å². The van der Waals surface area contributed by atoms with Gasteiger partial charge in [-0.05, 0) is 5.56 Å². The fourth-order valence-corrected chi connectivity index (χ4v) is 2.10. The molecule has 1 N–H and O–H groups in total. The van der Waals surface area contributed by atoms with Crippen LogP contribution in [0.1, 0.15) is 5.56 Å². The van der Waals surface area contributed by atoms with Crippen molar-refractivity contribution in [3.8, 4) is 0 Å². The largest absolute Gasteiger partial charge is 0.471 e. The van der Waals surface area contributed by atoms with Crippen LogP contribution in [0.5, 0.6) is 0 Å². The van der Waals surface area contributed by atoms with Crippen LogP contribution >= 0.6 is 0 Å². The van der Waals surface area contributed by atoms with Gasteiger partial charge in [-0.1, -0.05) is 42.5 Å². The van der Waals surface area contributed by atoms with Crippen molar-refractivity contribution in [1.82, 2.24) is 10.2 Å². The number of carbonyl (C=O) groups is 1. The highest BCUT2D eigenvalue weighted by Crippen LogP contribution is 2.16. The Morgan fingerprint density at radius 3 is 2.65 bits per heavy atom. The number of benzene rings is 1. The molecular formula is C14H15F3N2O. The molecule has 0 saturated carbocycles. The number of nitrogens with one attached hydrogen (secondary N) is 1. The number of hydrogen-bond donors (Lipinski definition) is 1. The maximum absolute atomic E-state index is 12.2. The quantitative estimate of drug-likeness (QED) is 0.862. The number of rotatable bonds is 3. The minimum Gasteiger partial charge on any atom is -0.341 e. The lowest BCUT2D eigenvalue weighted by molar-refractivity contribution is -0.174. The number of hydrogen-bond acceptors (Lipinski definition) is 2. The molecule has 3 nitrogen and oxygen atoms in total. The van der Waals surface area contributed by atoms with Crippen molar-refractivity contribution in [2.45, 2.75) is 18.8 Å². The van der Waals surface area contributed by atoms with E-state index in [1.165, 1.54) is 0 Å². The van der Waals surface area contributed by atoms with Gasteiger partial charge in [0.05, 0.1) is 6.04 Å². The second kappa shape index (κ2) is 6.09. The van der Waals surface area contributed by atoms with Crippen LogP contribution in [0.3, 0.4) is 0 Å². The zero-order valence-corrected chi connectivity index (χ0v) is 10.7. The van der Waals surface area contributed by atoms with Crippen LogP contribution < -0.4 is 5.32 Å². The van der Waals surface area contributed by atoms with E-state index in [-0.39, 0.29) is 0 Å². The van der Waals surface area contributed by atoms with Crippen LogP contribution in [0, 0.1) is 0 Å². The normalized spacial score (nSPS) is 19.9. The highest BCUT2D eigenvalue weighted by atomic mass is 19.4. The summed E-state index contributed by atoms with van der Waals surface area (Å²) in [6.07, 6.45) is -1.46. The average molecular weight is 284 g/mol. The van der Waals surface area contributed by atoms with Crippen molar-refractivity contribution >= 4 is 5.91 Å². The van der Waals surface area contributed by atoms with Crippen molar-refractivity contribution in [3.63, 3.8) is 0 Å². The molecule has 20 heavy (non-hydrogen) atoms. The third-order valence-electron chi connectivity index (χ3n) is 3.01. The second-order valence-electron chi connectivity index (χ2n) is 4.69. The molecule has 0 unspecified atom stereocenters. The molecule has 0 aromatic heterocycles. The van der Waals surface area contributed by atoms with Crippen molar-refractivity contribution < 1.29 is 18.0 Å². The molecule has 0 saturated heterocycles. The van der Waals surface area contributed by atoms with Crippen molar-refractivity contribution in [2.75, 3.05) is 13.1 Å². The van der Waals surface area contributed by atoms with Gasteiger partial charge in [-0.15, -0.1) is 0 Å². The summed E-state index contributed by atoms with van der Waals surface area (Å²) >= 11 is 0. The van der Waals surface area contributed by atoms with Crippen LogP contribution in [-0.4, -0.2) is 36.1 Å². The van der Waals surface area contributed by atoms with Gasteiger partial charge >= 0.3 is 12.1 Å². The number of halogens is 3. The topological polar surface area (TPSA) is 32.3 Å². The van der Waals surface area contributed by atoms with Gasteiger partial charge in [0.15, 0.2) is 0 Å². The summed E-state index contributed by atoms with van der Waals surface area (Å²) in [5.41, 5.74) is 1.09. The summed E-state index contributed by atoms with van der Waals surface area (Å²) < 4.78 is 36.6. The molecule has 1 heterocycles. The summed E-state index contributed by atoms with van der Waals surface area (Å²) in [4.78, 5) is 12.9. The Morgan fingerprint density at radius 1 is 1.30 bits per heavy atom. The summed E-state index contributed by atoms with van der Waals surface area (Å²) in [5, 5.41) is 1.98. The number of amides is 1. The van der Waals surface area contributed by atoms with E-state index in [0.717, 1.165) is 5.56 Å². The molecule has 1 atom stereocenters. The van der Waals surface area contributed by atoms with E-state index in [1.54, 1.807) is 12.2 Å². The third-order valence-corrected chi connectivity index (χ3v) is 3.01. The Balaban J connectivity index is 1.91. The molecule has 1 aromatic rings. The molecule has 6 heteroatoms. The maximum Gasteiger partial charge on any atom is 0.471 e. The van der Waals surface area contributed by atoms with Crippen LogP contribution in [0.2, 0.25) is 0 Å². The highest BCUT2D eigenvalue weighted by Gasteiger charge is 2.39. The minimum atomic E-state index is -4.84. The summed E-state index contributed by atoms with van der Waals surface area (Å²) in [6.45, 7) is 1.67. The number of alkyl halides is 3. The van der Waals surface area contributed by atoms with Gasteiger partial charge in [-0.25, -0.2) is 0 Å². The Kier molecular flexibility index (Phi) is 4.44. The molecule has 108 valence electrons. The molecule has 0 spiro atoms. The van der Waals surface area contributed by atoms with Gasteiger partial charge in [0.2, 0.25) is 0 Å². The van der Waals surface area contributed by atoms with E-state index in [2.05, 4.69) is 0 Å². The molecular weight excluding hydrogens is 269 g/mol. The molecule has 0 radical (unpaired) electrons. The van der Waals surface area contributed by atoms with E-state index in [9.17, 15) is 18.0 Å². The Bertz CT molecular complexity index is 485. The van der Waals surface area contributed by atoms with Crippen LogP contribution in [0.15, 0.2) is 42.5 Å². The van der Waals surface area contributed by atoms with Gasteiger partial charge < -0.3 is 5.32 Å². The molecule has 0 aliphatic carbocycles. The average Bonchev–Trinajstić information content (AvgIpc) is 2.39. The predicted octanol–water partition coefficient (Wildman–Crippen LogP) is 2.11. The monoisotopic (exact) mass is 284 g/mol. The first kappa shape index (κ1) is 14.6. The standard InChI is InChI=1S/C14H15F3N2O/c15-14(16,17)13(20)18-12-7-4-8-19(10-12)9-11-5-2-1-3-6-11/h1-7,12H,8-10H2,(H,18,20)/t12-/m1/s1. The minimum absolute atomic E-state index is 0.368. The first-order valence-corrected chi connectivity index (χ1v) is 6.26. The van der Waals surface area contributed by atoms with Crippen molar-refractivity contribution in [3.05, 3.63) is 48.0 Å². The maximum atomic E-state index is 12.2. The third kappa shape index (κ3) is 4.09. The Hall–Kier alpha value is -1.82. The van der Waals surface area contributed by atoms with Gasteiger partial charge in [-0.3, -0.25) is 9.69 Å². The van der Waals surface area contributed by atoms with E-state index >= 15 is 0 Å². The number of carbonyl (C=O) groups excluding carboxylic acids is 1. The Morgan fingerprint density at radius 2 is 2.00 bits per heavy atom. The van der Waals surface area contributed by atoms with E-state index in [0.29, 0.717) is 19.6 Å². The molecule has 1 aliphatic rings. The van der Waals surface area contributed by atoms with E-state index in [4.69, 9.17) is 0 Å². The van der Waals surface area contributed by atoms with Gasteiger partial charge in [-0.2, -0.15) is 13.2 Å². The lowest BCUT2D eigenvalue weighted by atomic mass is 10.1. The smallest absolute Gasteiger partial charge is 0.341 e. The van der Waals surface area contributed by atoms with E-state index < -0.39 is 18.1 Å². The summed E-state index contributed by atoms with van der Waals surface area (Å²) in [5.74, 6) is -1.89. The fraction of sp³-hybridized carbons (Fsp3) is 0.357. The lowest BCUT2D eigenvalue weighted by Gasteiger charge is -2.29. The molecule has 1 aromatic carbocycles. The first-order valence-electron chi connectivity index (χ1n) is 6.26. The molecule has 0 bridgehead atoms. The molecule has 0 fully saturated rings. The predicted molar refractivity (Wildman–Crippen MR) is 68.8 cm³/mol. The summed E-state index contributed by atoms with van der Waals surface area (Å²) in [7, 11) is 0. The van der Waals surface area contributed by atoms with Gasteiger partial charge in [0, 0.05) is 19.6 Å². The molecule has 1 aliphatic heterocycles. The van der Waals surface area contributed by atoms with Gasteiger partial charge in [0.25, 0.3) is 0 Å². The zero-order valence-electron chi connectivity index (χ0n) is 10.7. The van der Waals surface area contributed by atoms with Gasteiger partial charge in [0.1, 0.15) is 0 Å². The number of nitrogens with zero attached hydrogens (tertiary/aromatic N) is 1. The summed E-state index contributed by atoms with van der Waals surface area (Å²) in [6, 6.07) is 9.05. The molecule has 1 amide bonds. The van der Waals surface area contributed by atoms with Crippen molar-refractivity contribution in [2.24, 2.45) is 0 Å². The van der Waals surface area contributed by atoms with E-state index in [1.807, 2.05) is 40.5 Å². The van der Waals surface area contributed by atoms with Crippen molar-refractivity contribution in [1.29, 1.82) is 0 Å². The first-order chi connectivity index (χ1) is 9.45. The Labute approximate surface area is 115 Å². The SMILES string of the molecule is O=C(N[C@@H]1C=CCN(Cc2ccccc2)C1)C(F)(F)F. The van der Waals surface area contributed by atoms with Crippen LogP contribution in [0.4, 0.5) is 13.2 Å². The zero-order chi connectivity index (χ0) is 14.6. The second-order valence-corrected chi connectivity index (χ2v) is 4.69. The fourth-order valence-electron chi connectivity index (χ4n) is 2.10. The van der Waals surface area contributed by atoms with Crippen LogP contribution in [0.25, 0.3) is 0 Å². The molecule has 2 rings (SSSR count).